The third-order valence-electron chi connectivity index (χ3n) is 18.8. The van der Waals surface area contributed by atoms with Gasteiger partial charge in [0.05, 0.1) is 18.2 Å². The number of rotatable bonds is 18. The number of carbonyl (C=O) groups is 12. The summed E-state index contributed by atoms with van der Waals surface area (Å²) < 4.78 is 0. The van der Waals surface area contributed by atoms with Crippen LogP contribution in [0.5, 0.6) is 0 Å². The van der Waals surface area contributed by atoms with Gasteiger partial charge in [-0.15, -0.1) is 0 Å². The number of benzene rings is 1. The Balaban J connectivity index is 3.02. The topological polar surface area (TPSA) is 272 Å². The molecule has 22 nitrogen and oxygen atoms in total. The zero-order valence-electron chi connectivity index (χ0n) is 62.6. The molecular weight excluding hydrogens is 1220 g/mol. The second-order valence-corrected chi connectivity index (χ2v) is 29.6. The van der Waals surface area contributed by atoms with Crippen molar-refractivity contribution in [3.05, 3.63) is 53.7 Å². The van der Waals surface area contributed by atoms with E-state index in [1.165, 1.54) is 80.8 Å². The maximum atomic E-state index is 15.4. The summed E-state index contributed by atoms with van der Waals surface area (Å²) in [6.07, 6.45) is 2.10. The molecule has 1 heterocycles. The second kappa shape index (κ2) is 38.7. The van der Waals surface area contributed by atoms with Crippen molar-refractivity contribution < 1.29 is 62.6 Å². The summed E-state index contributed by atoms with van der Waals surface area (Å²) in [5.41, 5.74) is 1.35. The standard InChI is InChI=1S/C74H121N9O13/c1-26-56-71(93)77(19)51(17)69(91)78(20)58(35-43(4)5)63(87)40-55(46(10)11)70(92)79(21)57(34-42(2)3)62(86)38-49(15)61(85)39-50(16)68(90)80(22)59(36-44(6)7)72(94)81(23)60(37-45(8)9)73(95)82(24)64(47(12)13)74(96)83(25)65(67(89)76-56)66(88)48(14)28-27-29-53-30-32-54(33-31-53)41-75-52(18)84/h27,29-33,42-50,55-60,64-66,88H,17,26,28,34-41H2,1-16,18-25H3,(H,75,84)(H,76,89)/b29-27+/t48-,49-,50+,55+,56+,57+,58+,59+,60+,64+,65+,66-/m1/s1. The Hall–Kier alpha value is -7.10. The molecule has 1 aromatic rings. The molecule has 1 aliphatic rings. The van der Waals surface area contributed by atoms with E-state index in [-0.39, 0.29) is 105 Å². The van der Waals surface area contributed by atoms with Crippen LogP contribution in [0.2, 0.25) is 0 Å². The largest absolute Gasteiger partial charge is 0.390 e. The lowest BCUT2D eigenvalue weighted by Gasteiger charge is -2.41. The molecule has 0 bridgehead atoms. The first-order valence-corrected chi connectivity index (χ1v) is 34.6. The molecule has 0 aromatic heterocycles. The van der Waals surface area contributed by atoms with E-state index in [2.05, 4.69) is 17.2 Å². The van der Waals surface area contributed by atoms with Crippen molar-refractivity contribution in [3.8, 4) is 0 Å². The average Bonchev–Trinajstić information content (AvgIpc) is 0.811. The number of aliphatic hydroxyl groups is 1. The van der Waals surface area contributed by atoms with E-state index < -0.39 is 137 Å². The summed E-state index contributed by atoms with van der Waals surface area (Å²) in [6.45, 7) is 34.4. The van der Waals surface area contributed by atoms with Gasteiger partial charge in [-0.1, -0.05) is 154 Å². The minimum absolute atomic E-state index is 0.0424. The zero-order valence-corrected chi connectivity index (χ0v) is 62.6. The Labute approximate surface area is 574 Å². The summed E-state index contributed by atoms with van der Waals surface area (Å²) in [6, 6.07) is -1.29. The highest BCUT2D eigenvalue weighted by Gasteiger charge is 2.46. The number of allylic oxidation sites excluding steroid dienone is 1. The Morgan fingerprint density at radius 1 is 0.552 bits per heavy atom. The molecule has 0 unspecified atom stereocenters. The smallest absolute Gasteiger partial charge is 0.270 e. The molecule has 0 saturated carbocycles. The van der Waals surface area contributed by atoms with Gasteiger partial charge in [-0.25, -0.2) is 0 Å². The fourth-order valence-electron chi connectivity index (χ4n) is 12.5. The number of hydrogen-bond acceptors (Lipinski definition) is 13. The predicted octanol–water partition coefficient (Wildman–Crippen LogP) is 7.83. The molecule has 0 spiro atoms. The quantitative estimate of drug-likeness (QED) is 0.118. The molecule has 1 fully saturated rings. The van der Waals surface area contributed by atoms with E-state index in [0.29, 0.717) is 6.54 Å². The van der Waals surface area contributed by atoms with Crippen LogP contribution in [0.3, 0.4) is 0 Å². The second-order valence-electron chi connectivity index (χ2n) is 29.6. The molecule has 540 valence electrons. The highest BCUT2D eigenvalue weighted by molar-refractivity contribution is 6.02. The number of Topliss-reactive ketones (excluding diaryl/α,β-unsaturated/α-hetero) is 3. The van der Waals surface area contributed by atoms with Gasteiger partial charge in [0.2, 0.25) is 47.3 Å². The molecule has 1 aliphatic heterocycles. The fourth-order valence-corrected chi connectivity index (χ4v) is 12.5. The van der Waals surface area contributed by atoms with Crippen LogP contribution in [0.15, 0.2) is 42.6 Å². The first-order valence-electron chi connectivity index (χ1n) is 34.6. The Morgan fingerprint density at radius 3 is 1.46 bits per heavy atom. The number of nitrogens with one attached hydrogen (secondary N) is 2. The molecule has 3 N–H and O–H groups in total. The number of aliphatic hydroxyl groups excluding tert-OH is 1. The van der Waals surface area contributed by atoms with Gasteiger partial charge >= 0.3 is 0 Å². The number of likely N-dealkylation sites (N-methyl/N-ethyl adjacent to an activating group) is 7. The molecule has 0 aliphatic carbocycles. The molecule has 1 saturated heterocycles. The van der Waals surface area contributed by atoms with Crippen molar-refractivity contribution >= 4 is 76.6 Å². The van der Waals surface area contributed by atoms with Crippen molar-refractivity contribution in [2.24, 2.45) is 59.2 Å². The normalized spacial score (nSPS) is 25.3. The van der Waals surface area contributed by atoms with E-state index in [9.17, 15) is 43.5 Å². The van der Waals surface area contributed by atoms with E-state index in [1.807, 2.05) is 91.8 Å². The molecule has 96 heavy (non-hydrogen) atoms. The van der Waals surface area contributed by atoms with Crippen molar-refractivity contribution in [3.63, 3.8) is 0 Å². The van der Waals surface area contributed by atoms with Crippen molar-refractivity contribution in [2.75, 3.05) is 49.3 Å². The third-order valence-corrected chi connectivity index (χ3v) is 18.8. The molecule has 22 heteroatoms. The number of hydrogen-bond donors (Lipinski definition) is 3. The van der Waals surface area contributed by atoms with Crippen LogP contribution in [-0.2, 0) is 64.1 Å². The van der Waals surface area contributed by atoms with E-state index in [4.69, 9.17) is 0 Å². The van der Waals surface area contributed by atoms with Gasteiger partial charge in [-0.3, -0.25) is 57.5 Å². The predicted molar refractivity (Wildman–Crippen MR) is 374 cm³/mol. The monoisotopic (exact) mass is 1340 g/mol. The Bertz CT molecular complexity index is 2900. The van der Waals surface area contributed by atoms with Crippen molar-refractivity contribution in [2.45, 2.75) is 230 Å². The van der Waals surface area contributed by atoms with Crippen molar-refractivity contribution in [1.82, 2.24) is 44.9 Å². The molecule has 9 amide bonds. The number of ketones is 3. The third kappa shape index (κ3) is 23.9. The van der Waals surface area contributed by atoms with Gasteiger partial charge in [-0.05, 0) is 91.1 Å². The molecule has 0 radical (unpaired) electrons. The first-order chi connectivity index (χ1) is 44.4. The van der Waals surface area contributed by atoms with Crippen LogP contribution < -0.4 is 10.6 Å². The van der Waals surface area contributed by atoms with Gasteiger partial charge in [0.25, 0.3) is 5.91 Å². The lowest BCUT2D eigenvalue weighted by molar-refractivity contribution is -0.157. The van der Waals surface area contributed by atoms with Crippen LogP contribution in [0.1, 0.15) is 187 Å². The summed E-state index contributed by atoms with van der Waals surface area (Å²) >= 11 is 0. The van der Waals surface area contributed by atoms with Crippen LogP contribution in [0.25, 0.3) is 6.08 Å². The number of nitrogens with zero attached hydrogens (tertiary/aromatic N) is 7. The minimum Gasteiger partial charge on any atom is -0.390 e. The maximum absolute atomic E-state index is 15.4. The van der Waals surface area contributed by atoms with Gasteiger partial charge in [0.1, 0.15) is 41.7 Å². The van der Waals surface area contributed by atoms with Gasteiger partial charge in [-0.2, -0.15) is 0 Å². The SMILES string of the molecule is C=C1C(=O)N(C)[C@@H](CC(C)C)C(=O)C[C@@H](C(C)C)C(=O)N(C)[C@@H](CC(C)C)C(=O)C[C@@H](C)C(=O)C[C@H](C)C(=O)N(C)[C@@H](CC(C)C)C(=O)N(C)[C@@H](CC(C)C)C(=O)N(C)[C@@H](C(C)C)C(=O)N(C)[C@@H]([C@H](O)[C@H](C)C/C=C/c2ccc(CNC(C)=O)cc2)C(=O)N[C@@H](CC)C(=O)N1C. The van der Waals surface area contributed by atoms with Gasteiger partial charge < -0.3 is 50.0 Å². The fraction of sp³-hybridized carbons (Fsp3) is 0.703. The Kier molecular flexibility index (Phi) is 34.3. The van der Waals surface area contributed by atoms with Gasteiger partial charge in [0.15, 0.2) is 11.6 Å². The minimum atomic E-state index is -1.70. The zero-order chi connectivity index (χ0) is 73.8. The highest BCUT2D eigenvalue weighted by atomic mass is 16.3. The average molecular weight is 1340 g/mol. The van der Waals surface area contributed by atoms with Crippen LogP contribution in [0, 0.1) is 59.2 Å². The number of carbonyl (C=O) groups excluding carboxylic acids is 12. The lowest BCUT2D eigenvalue weighted by atomic mass is 9.84. The molecule has 12 atom stereocenters. The first kappa shape index (κ1) is 85.0. The molecular formula is C74H121N9O13. The summed E-state index contributed by atoms with van der Waals surface area (Å²) in [7, 11) is 9.99. The van der Waals surface area contributed by atoms with E-state index in [0.717, 1.165) is 20.9 Å². The highest BCUT2D eigenvalue weighted by Crippen LogP contribution is 2.30. The summed E-state index contributed by atoms with van der Waals surface area (Å²) in [5.74, 6) is -11.9. The van der Waals surface area contributed by atoms with E-state index >= 15 is 19.2 Å². The summed E-state index contributed by atoms with van der Waals surface area (Å²) in [5, 5.41) is 18.0. The van der Waals surface area contributed by atoms with Crippen LogP contribution >= 0.6 is 0 Å². The van der Waals surface area contributed by atoms with E-state index in [1.54, 1.807) is 55.4 Å². The summed E-state index contributed by atoms with van der Waals surface area (Å²) in [4.78, 5) is 183. The Morgan fingerprint density at radius 2 is 0.990 bits per heavy atom. The lowest BCUT2D eigenvalue weighted by Crippen LogP contribution is -2.63. The molecule has 2 rings (SSSR count). The van der Waals surface area contributed by atoms with Crippen LogP contribution in [-0.4, -0.2) is 208 Å². The number of amides is 9. The molecule has 1 aromatic carbocycles. The maximum Gasteiger partial charge on any atom is 0.270 e. The van der Waals surface area contributed by atoms with Gasteiger partial charge in [0, 0.05) is 99.8 Å². The van der Waals surface area contributed by atoms with Crippen LogP contribution in [0.4, 0.5) is 0 Å². The van der Waals surface area contributed by atoms with Crippen molar-refractivity contribution in [1.29, 1.82) is 0 Å².